The zero-order chi connectivity index (χ0) is 15.4. The summed E-state index contributed by atoms with van der Waals surface area (Å²) in [6, 6.07) is 9.90. The standard InChI is InChI=1S/C14H11Cl3N2O2/c15-10-5-12(17)13(6-11(10)16)21-7-8-1-3-9(4-2-8)14(20)19-18/h1-6H,7,18H2,(H,19,20). The Labute approximate surface area is 136 Å². The Morgan fingerprint density at radius 3 is 2.29 bits per heavy atom. The van der Waals surface area contributed by atoms with Crippen molar-refractivity contribution in [1.82, 2.24) is 5.43 Å². The highest BCUT2D eigenvalue weighted by molar-refractivity contribution is 6.43. The lowest BCUT2D eigenvalue weighted by atomic mass is 10.1. The molecule has 0 unspecified atom stereocenters. The summed E-state index contributed by atoms with van der Waals surface area (Å²) in [5, 5.41) is 1.11. The van der Waals surface area contributed by atoms with E-state index in [0.717, 1.165) is 5.56 Å². The number of ether oxygens (including phenoxy) is 1. The summed E-state index contributed by atoms with van der Waals surface area (Å²) in [4.78, 5) is 11.3. The maximum atomic E-state index is 11.3. The Hall–Kier alpha value is -1.46. The Kier molecular flexibility index (Phi) is 5.31. The van der Waals surface area contributed by atoms with E-state index in [2.05, 4.69) is 5.43 Å². The van der Waals surface area contributed by atoms with Crippen LogP contribution in [-0.4, -0.2) is 5.91 Å². The molecule has 1 amide bonds. The average molecular weight is 346 g/mol. The molecule has 0 heterocycles. The molecule has 0 aromatic heterocycles. The second-order valence-corrected chi connectivity index (χ2v) is 5.38. The number of nitrogens with two attached hydrogens (primary N) is 1. The van der Waals surface area contributed by atoms with Crippen LogP contribution in [-0.2, 0) is 6.61 Å². The smallest absolute Gasteiger partial charge is 0.265 e. The predicted molar refractivity (Wildman–Crippen MR) is 83.9 cm³/mol. The second kappa shape index (κ2) is 7.00. The predicted octanol–water partition coefficient (Wildman–Crippen LogP) is 3.83. The topological polar surface area (TPSA) is 64.3 Å². The van der Waals surface area contributed by atoms with Crippen LogP contribution < -0.4 is 16.0 Å². The van der Waals surface area contributed by atoms with Crippen LogP contribution in [0, 0.1) is 0 Å². The zero-order valence-corrected chi connectivity index (χ0v) is 13.0. The molecule has 0 saturated heterocycles. The van der Waals surface area contributed by atoms with Crippen LogP contribution in [0.5, 0.6) is 5.75 Å². The molecule has 2 rings (SSSR count). The average Bonchev–Trinajstić information content (AvgIpc) is 2.49. The van der Waals surface area contributed by atoms with Crippen LogP contribution in [0.3, 0.4) is 0 Å². The SMILES string of the molecule is NNC(=O)c1ccc(COc2cc(Cl)c(Cl)cc2Cl)cc1. The Morgan fingerprint density at radius 1 is 1.05 bits per heavy atom. The van der Waals surface area contributed by atoms with E-state index in [4.69, 9.17) is 45.4 Å². The third-order valence-electron chi connectivity index (χ3n) is 2.72. The molecular formula is C14H11Cl3N2O2. The van der Waals surface area contributed by atoms with Crippen LogP contribution in [0.1, 0.15) is 15.9 Å². The normalized spacial score (nSPS) is 10.3. The van der Waals surface area contributed by atoms with Gasteiger partial charge in [0.2, 0.25) is 0 Å². The number of amides is 1. The monoisotopic (exact) mass is 344 g/mol. The Bertz CT molecular complexity index is 660. The van der Waals surface area contributed by atoms with Crippen molar-refractivity contribution in [2.75, 3.05) is 0 Å². The van der Waals surface area contributed by atoms with Gasteiger partial charge in [0.15, 0.2) is 0 Å². The van der Waals surface area contributed by atoms with Crippen molar-refractivity contribution in [2.24, 2.45) is 5.84 Å². The first kappa shape index (κ1) is 15.9. The number of rotatable bonds is 4. The summed E-state index contributed by atoms with van der Waals surface area (Å²) in [5.41, 5.74) is 3.40. The minimum atomic E-state index is -0.352. The first-order valence-corrected chi connectivity index (χ1v) is 7.02. The molecule has 0 aliphatic rings. The highest BCUT2D eigenvalue weighted by atomic mass is 35.5. The zero-order valence-electron chi connectivity index (χ0n) is 10.7. The molecule has 2 aromatic rings. The van der Waals surface area contributed by atoms with Gasteiger partial charge in [-0.25, -0.2) is 5.84 Å². The lowest BCUT2D eigenvalue weighted by Crippen LogP contribution is -2.29. The quantitative estimate of drug-likeness (QED) is 0.383. The molecular weight excluding hydrogens is 335 g/mol. The van der Waals surface area contributed by atoms with Gasteiger partial charge in [-0.2, -0.15) is 0 Å². The maximum Gasteiger partial charge on any atom is 0.265 e. The van der Waals surface area contributed by atoms with Crippen LogP contribution in [0.2, 0.25) is 15.1 Å². The fraction of sp³-hybridized carbons (Fsp3) is 0.0714. The number of hydrogen-bond acceptors (Lipinski definition) is 3. The lowest BCUT2D eigenvalue weighted by Gasteiger charge is -2.10. The van der Waals surface area contributed by atoms with Gasteiger partial charge in [0, 0.05) is 11.6 Å². The van der Waals surface area contributed by atoms with Gasteiger partial charge >= 0.3 is 0 Å². The highest BCUT2D eigenvalue weighted by Crippen LogP contribution is 2.34. The molecule has 0 aliphatic carbocycles. The molecule has 7 heteroatoms. The Balaban J connectivity index is 2.06. The van der Waals surface area contributed by atoms with Gasteiger partial charge in [-0.3, -0.25) is 10.2 Å². The molecule has 21 heavy (non-hydrogen) atoms. The van der Waals surface area contributed by atoms with Crippen molar-refractivity contribution >= 4 is 40.7 Å². The number of nitrogens with one attached hydrogen (secondary N) is 1. The number of benzene rings is 2. The molecule has 0 bridgehead atoms. The van der Waals surface area contributed by atoms with Gasteiger partial charge in [0.05, 0.1) is 15.1 Å². The summed E-state index contributed by atoms with van der Waals surface area (Å²) >= 11 is 17.8. The van der Waals surface area contributed by atoms with E-state index in [0.29, 0.717) is 26.4 Å². The molecule has 0 fully saturated rings. The molecule has 0 radical (unpaired) electrons. The number of nitrogen functional groups attached to an aromatic ring is 1. The highest BCUT2D eigenvalue weighted by Gasteiger charge is 2.08. The van der Waals surface area contributed by atoms with E-state index >= 15 is 0 Å². The van der Waals surface area contributed by atoms with E-state index in [-0.39, 0.29) is 12.5 Å². The van der Waals surface area contributed by atoms with Crippen molar-refractivity contribution in [3.8, 4) is 5.75 Å². The minimum absolute atomic E-state index is 0.280. The Morgan fingerprint density at radius 2 is 1.67 bits per heavy atom. The molecule has 0 saturated carbocycles. The molecule has 0 atom stereocenters. The van der Waals surface area contributed by atoms with E-state index in [1.807, 2.05) is 0 Å². The van der Waals surface area contributed by atoms with Crippen LogP contribution >= 0.6 is 34.8 Å². The first-order chi connectivity index (χ1) is 10.0. The van der Waals surface area contributed by atoms with Gasteiger partial charge in [-0.05, 0) is 23.8 Å². The van der Waals surface area contributed by atoms with E-state index < -0.39 is 0 Å². The van der Waals surface area contributed by atoms with Crippen molar-refractivity contribution in [3.05, 3.63) is 62.6 Å². The number of hydrogen-bond donors (Lipinski definition) is 2. The molecule has 0 aliphatic heterocycles. The van der Waals surface area contributed by atoms with Gasteiger partial charge in [0.25, 0.3) is 5.91 Å². The van der Waals surface area contributed by atoms with Crippen molar-refractivity contribution in [1.29, 1.82) is 0 Å². The van der Waals surface area contributed by atoms with E-state index in [1.54, 1.807) is 30.3 Å². The van der Waals surface area contributed by atoms with Gasteiger partial charge in [-0.1, -0.05) is 46.9 Å². The second-order valence-electron chi connectivity index (χ2n) is 4.16. The summed E-state index contributed by atoms with van der Waals surface area (Å²) in [5.74, 6) is 5.15. The first-order valence-electron chi connectivity index (χ1n) is 5.88. The van der Waals surface area contributed by atoms with E-state index in [9.17, 15) is 4.79 Å². The summed E-state index contributed by atoms with van der Waals surface area (Å²) in [7, 11) is 0. The van der Waals surface area contributed by atoms with Crippen molar-refractivity contribution in [3.63, 3.8) is 0 Å². The fourth-order valence-corrected chi connectivity index (χ4v) is 2.20. The van der Waals surface area contributed by atoms with Crippen LogP contribution in [0.15, 0.2) is 36.4 Å². The maximum absolute atomic E-state index is 11.3. The number of carbonyl (C=O) groups is 1. The molecule has 3 N–H and O–H groups in total. The summed E-state index contributed by atoms with van der Waals surface area (Å²) < 4.78 is 5.59. The number of carbonyl (C=O) groups excluding carboxylic acids is 1. The molecule has 110 valence electrons. The van der Waals surface area contributed by atoms with Crippen LogP contribution in [0.25, 0.3) is 0 Å². The lowest BCUT2D eigenvalue weighted by molar-refractivity contribution is 0.0953. The van der Waals surface area contributed by atoms with Gasteiger partial charge in [-0.15, -0.1) is 0 Å². The van der Waals surface area contributed by atoms with Crippen LogP contribution in [0.4, 0.5) is 0 Å². The number of halogens is 3. The van der Waals surface area contributed by atoms with Crippen molar-refractivity contribution < 1.29 is 9.53 Å². The third-order valence-corrected chi connectivity index (χ3v) is 3.73. The fourth-order valence-electron chi connectivity index (χ4n) is 1.61. The number of hydrazine groups is 1. The van der Waals surface area contributed by atoms with E-state index in [1.165, 1.54) is 6.07 Å². The third kappa shape index (κ3) is 4.02. The van der Waals surface area contributed by atoms with Gasteiger partial charge < -0.3 is 4.74 Å². The molecule has 2 aromatic carbocycles. The largest absolute Gasteiger partial charge is 0.487 e. The summed E-state index contributed by atoms with van der Waals surface area (Å²) in [6.45, 7) is 0.280. The van der Waals surface area contributed by atoms with Crippen molar-refractivity contribution in [2.45, 2.75) is 6.61 Å². The summed E-state index contributed by atoms with van der Waals surface area (Å²) in [6.07, 6.45) is 0. The molecule has 4 nitrogen and oxygen atoms in total. The molecule has 0 spiro atoms. The van der Waals surface area contributed by atoms with Gasteiger partial charge in [0.1, 0.15) is 12.4 Å². The minimum Gasteiger partial charge on any atom is -0.487 e.